The molecule has 1 heterocycles. The zero-order valence-electron chi connectivity index (χ0n) is 14.2. The molecule has 2 aromatic rings. The molecule has 0 saturated heterocycles. The van der Waals surface area contributed by atoms with Crippen LogP contribution in [-0.2, 0) is 0 Å². The Kier molecular flexibility index (Phi) is 3.95. The number of nitrogens with zero attached hydrogens (tertiary/aromatic N) is 2. The van der Waals surface area contributed by atoms with E-state index in [-0.39, 0.29) is 5.54 Å². The average molecular weight is 305 g/mol. The van der Waals surface area contributed by atoms with Crippen molar-refractivity contribution in [1.29, 1.82) is 0 Å². The van der Waals surface area contributed by atoms with Crippen molar-refractivity contribution in [3.8, 4) is 0 Å². The van der Waals surface area contributed by atoms with Gasteiger partial charge in [0.25, 0.3) is 0 Å². The summed E-state index contributed by atoms with van der Waals surface area (Å²) in [6.07, 6.45) is 4.18. The fourth-order valence-electron chi connectivity index (χ4n) is 2.95. The van der Waals surface area contributed by atoms with Crippen molar-refractivity contribution in [2.24, 2.45) is 5.10 Å². The van der Waals surface area contributed by atoms with Gasteiger partial charge in [0.2, 0.25) is 0 Å². The fraction of sp³-hybridized carbons (Fsp3) is 0.250. The lowest BCUT2D eigenvalue weighted by molar-refractivity contribution is 0.598. The fourth-order valence-corrected chi connectivity index (χ4v) is 2.95. The molecule has 2 aromatic carbocycles. The van der Waals surface area contributed by atoms with E-state index < -0.39 is 0 Å². The van der Waals surface area contributed by atoms with Crippen molar-refractivity contribution in [2.45, 2.75) is 26.3 Å². The molecule has 0 radical (unpaired) electrons. The summed E-state index contributed by atoms with van der Waals surface area (Å²) in [7, 11) is 2.15. The summed E-state index contributed by atoms with van der Waals surface area (Å²) in [5.74, 6) is 0. The minimum Gasteiger partial charge on any atom is -0.366 e. The molecule has 1 N–H and O–H groups in total. The first-order valence-corrected chi connectivity index (χ1v) is 7.89. The van der Waals surface area contributed by atoms with E-state index in [0.717, 1.165) is 11.3 Å². The molecule has 23 heavy (non-hydrogen) atoms. The number of hydrogen-bond donors (Lipinski definition) is 1. The van der Waals surface area contributed by atoms with Crippen molar-refractivity contribution >= 4 is 23.2 Å². The molecule has 0 aliphatic carbocycles. The molecule has 3 rings (SSSR count). The number of fused-ring (bicyclic) bond motifs is 1. The van der Waals surface area contributed by atoms with E-state index in [2.05, 4.69) is 67.5 Å². The van der Waals surface area contributed by atoms with Gasteiger partial charge in [-0.05, 0) is 56.2 Å². The summed E-state index contributed by atoms with van der Waals surface area (Å²) in [5.41, 5.74) is 9.02. The van der Waals surface area contributed by atoms with Crippen LogP contribution in [0.4, 0.5) is 11.4 Å². The minimum absolute atomic E-state index is 0.0432. The summed E-state index contributed by atoms with van der Waals surface area (Å²) < 4.78 is 0. The van der Waals surface area contributed by atoms with Crippen LogP contribution in [0.1, 0.15) is 31.9 Å². The Bertz CT molecular complexity index is 758. The third-order valence-corrected chi connectivity index (χ3v) is 4.42. The number of allylic oxidation sites excluding steroid dienone is 1. The van der Waals surface area contributed by atoms with Crippen LogP contribution in [0.25, 0.3) is 5.57 Å². The Balaban J connectivity index is 1.83. The van der Waals surface area contributed by atoms with Gasteiger partial charge in [-0.15, -0.1) is 0 Å². The van der Waals surface area contributed by atoms with E-state index in [4.69, 9.17) is 0 Å². The Labute approximate surface area is 138 Å². The van der Waals surface area contributed by atoms with Gasteiger partial charge in [-0.2, -0.15) is 5.10 Å². The predicted octanol–water partition coefficient (Wildman–Crippen LogP) is 4.76. The summed E-state index contributed by atoms with van der Waals surface area (Å²) in [6.45, 7) is 6.65. The molecule has 0 unspecified atom stereocenters. The third kappa shape index (κ3) is 3.14. The number of hydrazone groups is 1. The Hall–Kier alpha value is -2.55. The summed E-state index contributed by atoms with van der Waals surface area (Å²) in [6, 6.07) is 16.4. The summed E-state index contributed by atoms with van der Waals surface area (Å²) >= 11 is 0. The minimum atomic E-state index is 0.0432. The summed E-state index contributed by atoms with van der Waals surface area (Å²) in [5, 5.41) is 4.33. The lowest BCUT2D eigenvalue weighted by Gasteiger charge is -2.40. The standard InChI is InChI=1S/C20H23N3/c1-15-13-20(2,3)23(4)19-11-10-16(12-18(15)19)14-21-22-17-8-6-5-7-9-17/h5-14,22H,1-4H3/b21-14+. The number of rotatable bonds is 3. The van der Waals surface area contributed by atoms with Crippen molar-refractivity contribution in [2.75, 3.05) is 17.4 Å². The SMILES string of the molecule is CC1=CC(C)(C)N(C)c2ccc(/C=N/Nc3ccccc3)cc21. The molecule has 0 atom stereocenters. The Morgan fingerprint density at radius 2 is 1.83 bits per heavy atom. The van der Waals surface area contributed by atoms with Crippen LogP contribution in [0.5, 0.6) is 0 Å². The predicted molar refractivity (Wildman–Crippen MR) is 100 cm³/mol. The van der Waals surface area contributed by atoms with Crippen LogP contribution in [-0.4, -0.2) is 18.8 Å². The van der Waals surface area contributed by atoms with E-state index >= 15 is 0 Å². The maximum absolute atomic E-state index is 4.33. The van der Waals surface area contributed by atoms with E-state index in [9.17, 15) is 0 Å². The van der Waals surface area contributed by atoms with E-state index in [1.54, 1.807) is 0 Å². The zero-order chi connectivity index (χ0) is 16.4. The molecule has 0 saturated carbocycles. The van der Waals surface area contributed by atoms with Crippen LogP contribution in [0.2, 0.25) is 0 Å². The molecule has 0 fully saturated rings. The van der Waals surface area contributed by atoms with E-state index in [1.807, 2.05) is 36.5 Å². The lowest BCUT2D eigenvalue weighted by atomic mass is 9.89. The molecule has 0 bridgehead atoms. The lowest BCUT2D eigenvalue weighted by Crippen LogP contribution is -2.42. The number of anilines is 2. The van der Waals surface area contributed by atoms with Gasteiger partial charge in [0.1, 0.15) is 0 Å². The number of nitrogens with one attached hydrogen (secondary N) is 1. The molecule has 0 spiro atoms. The maximum atomic E-state index is 4.33. The maximum Gasteiger partial charge on any atom is 0.0561 e. The highest BCUT2D eigenvalue weighted by atomic mass is 15.3. The number of hydrogen-bond acceptors (Lipinski definition) is 3. The third-order valence-electron chi connectivity index (χ3n) is 4.42. The second-order valence-electron chi connectivity index (χ2n) is 6.55. The first-order chi connectivity index (χ1) is 11.0. The van der Waals surface area contributed by atoms with Crippen molar-refractivity contribution in [3.63, 3.8) is 0 Å². The van der Waals surface area contributed by atoms with Gasteiger partial charge < -0.3 is 4.90 Å². The van der Waals surface area contributed by atoms with Gasteiger partial charge in [-0.25, -0.2) is 0 Å². The van der Waals surface area contributed by atoms with Gasteiger partial charge in [-0.3, -0.25) is 5.43 Å². The largest absolute Gasteiger partial charge is 0.366 e. The van der Waals surface area contributed by atoms with Crippen LogP contribution in [0.15, 0.2) is 59.7 Å². The van der Waals surface area contributed by atoms with Gasteiger partial charge in [0.15, 0.2) is 0 Å². The van der Waals surface area contributed by atoms with Crippen molar-refractivity contribution in [1.82, 2.24) is 0 Å². The first kappa shape index (κ1) is 15.3. The van der Waals surface area contributed by atoms with Gasteiger partial charge in [0, 0.05) is 18.3 Å². The van der Waals surface area contributed by atoms with Crippen LogP contribution in [0, 0.1) is 0 Å². The topological polar surface area (TPSA) is 27.6 Å². The highest BCUT2D eigenvalue weighted by Gasteiger charge is 2.28. The zero-order valence-corrected chi connectivity index (χ0v) is 14.2. The Morgan fingerprint density at radius 3 is 2.57 bits per heavy atom. The number of likely N-dealkylation sites (N-methyl/N-ethyl adjacent to an activating group) is 1. The molecule has 3 heteroatoms. The van der Waals surface area contributed by atoms with Crippen LogP contribution >= 0.6 is 0 Å². The van der Waals surface area contributed by atoms with Crippen molar-refractivity contribution < 1.29 is 0 Å². The molecule has 0 aromatic heterocycles. The van der Waals surface area contributed by atoms with Gasteiger partial charge in [0.05, 0.1) is 17.4 Å². The number of benzene rings is 2. The smallest absolute Gasteiger partial charge is 0.0561 e. The average Bonchev–Trinajstić information content (AvgIpc) is 2.53. The molecule has 1 aliphatic rings. The second kappa shape index (κ2) is 5.92. The van der Waals surface area contributed by atoms with Crippen LogP contribution < -0.4 is 10.3 Å². The quantitative estimate of drug-likeness (QED) is 0.653. The van der Waals surface area contributed by atoms with E-state index in [0.29, 0.717) is 0 Å². The highest BCUT2D eigenvalue weighted by molar-refractivity contribution is 5.87. The van der Waals surface area contributed by atoms with Gasteiger partial charge >= 0.3 is 0 Å². The molecule has 118 valence electrons. The monoisotopic (exact) mass is 305 g/mol. The van der Waals surface area contributed by atoms with Crippen molar-refractivity contribution in [3.05, 3.63) is 65.7 Å². The Morgan fingerprint density at radius 1 is 1.09 bits per heavy atom. The summed E-state index contributed by atoms with van der Waals surface area (Å²) in [4.78, 5) is 2.32. The van der Waals surface area contributed by atoms with Crippen LogP contribution in [0.3, 0.4) is 0 Å². The first-order valence-electron chi connectivity index (χ1n) is 7.89. The molecule has 3 nitrogen and oxygen atoms in total. The van der Waals surface area contributed by atoms with E-state index in [1.165, 1.54) is 16.8 Å². The molecular formula is C20H23N3. The highest BCUT2D eigenvalue weighted by Crippen LogP contribution is 2.37. The molecule has 1 aliphatic heterocycles. The normalized spacial score (nSPS) is 16.2. The second-order valence-corrected chi connectivity index (χ2v) is 6.55. The molecular weight excluding hydrogens is 282 g/mol. The molecule has 0 amide bonds. The number of para-hydroxylation sites is 1. The van der Waals surface area contributed by atoms with Gasteiger partial charge in [-0.1, -0.05) is 30.3 Å².